The number of nitrogens with two attached hydrogens (primary N) is 1. The monoisotopic (exact) mass is 282 g/mol. The molecule has 1 aromatic heterocycles. The number of nitrogens with zero attached hydrogens (tertiary/aromatic N) is 2. The Hall–Kier alpha value is -3.02. The Morgan fingerprint density at radius 3 is 2.76 bits per heavy atom. The standard InChI is InChI=1S/C15H11FN4O/c16-11-8-9(17)4-5-12(11)20-15(21)10-2-1-3-13-14(10)19-7-6-18-13/h1-8H,17H2,(H,20,21). The zero-order chi connectivity index (χ0) is 14.8. The molecule has 0 saturated heterocycles. The SMILES string of the molecule is Nc1ccc(NC(=O)c2cccc3nccnc23)c(F)c1. The summed E-state index contributed by atoms with van der Waals surface area (Å²) in [6, 6.07) is 9.15. The van der Waals surface area contributed by atoms with Crippen LogP contribution >= 0.6 is 0 Å². The first-order valence-electron chi connectivity index (χ1n) is 6.21. The summed E-state index contributed by atoms with van der Waals surface area (Å²) >= 11 is 0. The van der Waals surface area contributed by atoms with E-state index in [2.05, 4.69) is 15.3 Å². The van der Waals surface area contributed by atoms with E-state index in [0.29, 0.717) is 22.3 Å². The fourth-order valence-corrected chi connectivity index (χ4v) is 2.00. The van der Waals surface area contributed by atoms with Crippen molar-refractivity contribution in [3.63, 3.8) is 0 Å². The largest absolute Gasteiger partial charge is 0.399 e. The van der Waals surface area contributed by atoms with Gasteiger partial charge in [-0.1, -0.05) is 6.07 Å². The van der Waals surface area contributed by atoms with Gasteiger partial charge in [0.05, 0.1) is 16.8 Å². The van der Waals surface area contributed by atoms with E-state index in [9.17, 15) is 9.18 Å². The third-order valence-electron chi connectivity index (χ3n) is 2.98. The predicted molar refractivity (Wildman–Crippen MR) is 78.3 cm³/mol. The maximum atomic E-state index is 13.7. The van der Waals surface area contributed by atoms with Crippen LogP contribution in [0.2, 0.25) is 0 Å². The van der Waals surface area contributed by atoms with Gasteiger partial charge in [0.15, 0.2) is 0 Å². The Balaban J connectivity index is 1.97. The van der Waals surface area contributed by atoms with Gasteiger partial charge in [0.25, 0.3) is 5.91 Å². The molecular formula is C15H11FN4O. The first-order chi connectivity index (χ1) is 10.1. The van der Waals surface area contributed by atoms with Crippen LogP contribution in [0.1, 0.15) is 10.4 Å². The maximum absolute atomic E-state index is 13.7. The lowest BCUT2D eigenvalue weighted by Gasteiger charge is -2.08. The van der Waals surface area contributed by atoms with Crippen LogP contribution in [0.25, 0.3) is 11.0 Å². The number of fused-ring (bicyclic) bond motifs is 1. The highest BCUT2D eigenvalue weighted by molar-refractivity contribution is 6.11. The number of carbonyl (C=O) groups excluding carboxylic acids is 1. The molecule has 0 spiro atoms. The third-order valence-corrected chi connectivity index (χ3v) is 2.98. The van der Waals surface area contributed by atoms with E-state index < -0.39 is 11.7 Å². The Labute approximate surface area is 119 Å². The molecule has 0 radical (unpaired) electrons. The molecule has 2 aromatic carbocycles. The van der Waals surface area contributed by atoms with Gasteiger partial charge in [-0.3, -0.25) is 14.8 Å². The molecule has 0 aliphatic carbocycles. The second-order valence-corrected chi connectivity index (χ2v) is 4.42. The van der Waals surface area contributed by atoms with Crippen LogP contribution < -0.4 is 11.1 Å². The molecule has 0 aliphatic rings. The first-order valence-corrected chi connectivity index (χ1v) is 6.21. The molecule has 0 fully saturated rings. The summed E-state index contributed by atoms with van der Waals surface area (Å²) in [6.45, 7) is 0. The van der Waals surface area contributed by atoms with E-state index >= 15 is 0 Å². The van der Waals surface area contributed by atoms with Gasteiger partial charge in [-0.05, 0) is 30.3 Å². The smallest absolute Gasteiger partial charge is 0.258 e. The summed E-state index contributed by atoms with van der Waals surface area (Å²) in [6.07, 6.45) is 3.05. The number of anilines is 2. The highest BCUT2D eigenvalue weighted by Crippen LogP contribution is 2.20. The van der Waals surface area contributed by atoms with Gasteiger partial charge in [-0.25, -0.2) is 4.39 Å². The lowest BCUT2D eigenvalue weighted by molar-refractivity contribution is 0.102. The summed E-state index contributed by atoms with van der Waals surface area (Å²) in [5, 5.41) is 2.51. The minimum absolute atomic E-state index is 0.0649. The van der Waals surface area contributed by atoms with Gasteiger partial charge < -0.3 is 11.1 Å². The number of amides is 1. The highest BCUT2D eigenvalue weighted by Gasteiger charge is 2.13. The minimum atomic E-state index is -0.588. The van der Waals surface area contributed by atoms with E-state index in [-0.39, 0.29) is 5.69 Å². The van der Waals surface area contributed by atoms with Crippen molar-refractivity contribution < 1.29 is 9.18 Å². The number of rotatable bonds is 2. The number of aromatic nitrogens is 2. The van der Waals surface area contributed by atoms with Crippen LogP contribution in [0.3, 0.4) is 0 Å². The normalized spacial score (nSPS) is 10.5. The lowest BCUT2D eigenvalue weighted by Crippen LogP contribution is -2.14. The van der Waals surface area contributed by atoms with Crippen LogP contribution in [0.4, 0.5) is 15.8 Å². The second-order valence-electron chi connectivity index (χ2n) is 4.42. The lowest BCUT2D eigenvalue weighted by atomic mass is 10.1. The molecule has 3 aromatic rings. The number of nitrogens with one attached hydrogen (secondary N) is 1. The van der Waals surface area contributed by atoms with Crippen molar-refractivity contribution in [2.75, 3.05) is 11.1 Å². The van der Waals surface area contributed by atoms with Crippen molar-refractivity contribution in [2.45, 2.75) is 0 Å². The highest BCUT2D eigenvalue weighted by atomic mass is 19.1. The van der Waals surface area contributed by atoms with E-state index in [0.717, 1.165) is 6.07 Å². The summed E-state index contributed by atoms with van der Waals surface area (Å²) in [4.78, 5) is 20.6. The second kappa shape index (κ2) is 5.16. The average Bonchev–Trinajstić information content (AvgIpc) is 2.49. The molecule has 5 nitrogen and oxygen atoms in total. The van der Waals surface area contributed by atoms with Crippen molar-refractivity contribution in [1.29, 1.82) is 0 Å². The van der Waals surface area contributed by atoms with Crippen molar-refractivity contribution >= 4 is 28.3 Å². The molecule has 104 valence electrons. The van der Waals surface area contributed by atoms with Crippen LogP contribution in [0.5, 0.6) is 0 Å². The number of carbonyl (C=O) groups is 1. The fraction of sp³-hybridized carbons (Fsp3) is 0. The zero-order valence-corrected chi connectivity index (χ0v) is 10.9. The molecule has 0 atom stereocenters. The van der Waals surface area contributed by atoms with Gasteiger partial charge in [0.2, 0.25) is 0 Å². The molecule has 1 heterocycles. The number of hydrogen-bond acceptors (Lipinski definition) is 4. The number of halogens is 1. The van der Waals surface area contributed by atoms with Gasteiger partial charge >= 0.3 is 0 Å². The molecule has 0 saturated carbocycles. The molecule has 3 N–H and O–H groups in total. The minimum Gasteiger partial charge on any atom is -0.399 e. The maximum Gasteiger partial charge on any atom is 0.258 e. The van der Waals surface area contributed by atoms with Crippen molar-refractivity contribution in [1.82, 2.24) is 9.97 Å². The Kier molecular flexibility index (Phi) is 3.19. The van der Waals surface area contributed by atoms with E-state index in [4.69, 9.17) is 5.73 Å². The molecule has 1 amide bonds. The van der Waals surface area contributed by atoms with E-state index in [1.54, 1.807) is 24.4 Å². The molecule has 0 bridgehead atoms. The zero-order valence-electron chi connectivity index (χ0n) is 10.9. The van der Waals surface area contributed by atoms with Crippen molar-refractivity contribution in [3.8, 4) is 0 Å². The summed E-state index contributed by atoms with van der Waals surface area (Å²) < 4.78 is 13.7. The third kappa shape index (κ3) is 2.51. The van der Waals surface area contributed by atoms with Crippen LogP contribution in [-0.2, 0) is 0 Å². The van der Waals surface area contributed by atoms with Crippen LogP contribution in [0, 0.1) is 5.82 Å². The molecule has 6 heteroatoms. The summed E-state index contributed by atoms with van der Waals surface area (Å²) in [5.74, 6) is -1.04. The Morgan fingerprint density at radius 1 is 1.14 bits per heavy atom. The number of hydrogen-bond donors (Lipinski definition) is 2. The van der Waals surface area contributed by atoms with Gasteiger partial charge in [0, 0.05) is 18.1 Å². The van der Waals surface area contributed by atoms with Crippen molar-refractivity contribution in [3.05, 3.63) is 60.2 Å². The molecule has 0 unspecified atom stereocenters. The molecule has 3 rings (SSSR count). The average molecular weight is 282 g/mol. The predicted octanol–water partition coefficient (Wildman–Crippen LogP) is 2.60. The van der Waals surface area contributed by atoms with E-state index in [1.807, 2.05) is 0 Å². The summed E-state index contributed by atoms with van der Waals surface area (Å²) in [5.41, 5.74) is 7.23. The number of nitrogen functional groups attached to an aromatic ring is 1. The van der Waals surface area contributed by atoms with Gasteiger partial charge in [-0.2, -0.15) is 0 Å². The number of para-hydroxylation sites is 1. The Morgan fingerprint density at radius 2 is 1.95 bits per heavy atom. The fourth-order valence-electron chi connectivity index (χ4n) is 2.00. The topological polar surface area (TPSA) is 80.9 Å². The van der Waals surface area contributed by atoms with Crippen LogP contribution in [-0.4, -0.2) is 15.9 Å². The van der Waals surface area contributed by atoms with Gasteiger partial charge in [0.1, 0.15) is 11.3 Å². The van der Waals surface area contributed by atoms with Gasteiger partial charge in [-0.15, -0.1) is 0 Å². The quantitative estimate of drug-likeness (QED) is 0.708. The Bertz CT molecular complexity index is 830. The molecule has 21 heavy (non-hydrogen) atoms. The van der Waals surface area contributed by atoms with Crippen LogP contribution in [0.15, 0.2) is 48.8 Å². The van der Waals surface area contributed by atoms with Crippen molar-refractivity contribution in [2.24, 2.45) is 0 Å². The van der Waals surface area contributed by atoms with E-state index in [1.165, 1.54) is 18.3 Å². The molecular weight excluding hydrogens is 271 g/mol. The first kappa shape index (κ1) is 13.0. The summed E-state index contributed by atoms with van der Waals surface area (Å²) in [7, 11) is 0. The molecule has 0 aliphatic heterocycles. The number of benzene rings is 2.